The van der Waals surface area contributed by atoms with E-state index >= 15 is 0 Å². The van der Waals surface area contributed by atoms with E-state index in [1.165, 1.54) is 45.6 Å². The molecular formula is C28H28N4. The largest absolute Gasteiger partial charge is 0.355 e. The highest BCUT2D eigenvalue weighted by atomic mass is 15.1. The first-order chi connectivity index (χ1) is 15.8. The molecule has 32 heavy (non-hydrogen) atoms. The van der Waals surface area contributed by atoms with Crippen LogP contribution in [-0.4, -0.2) is 27.5 Å². The van der Waals surface area contributed by atoms with E-state index in [1.54, 1.807) is 0 Å². The molecule has 0 bridgehead atoms. The second-order valence-corrected chi connectivity index (χ2v) is 8.96. The normalized spacial score (nSPS) is 15.8. The smallest absolute Gasteiger partial charge is 0.0961 e. The Kier molecular flexibility index (Phi) is 5.00. The Balaban J connectivity index is 1.21. The third kappa shape index (κ3) is 3.82. The van der Waals surface area contributed by atoms with Crippen molar-refractivity contribution in [1.29, 1.82) is 0 Å². The molecule has 6 rings (SSSR count). The lowest BCUT2D eigenvalue weighted by Crippen LogP contribution is -2.26. The Morgan fingerprint density at radius 3 is 2.31 bits per heavy atom. The molecule has 2 aliphatic rings. The van der Waals surface area contributed by atoms with Crippen molar-refractivity contribution < 1.29 is 0 Å². The van der Waals surface area contributed by atoms with Crippen LogP contribution in [0.1, 0.15) is 28.7 Å². The molecule has 2 aliphatic heterocycles. The Morgan fingerprint density at radius 1 is 0.812 bits per heavy atom. The van der Waals surface area contributed by atoms with Crippen LogP contribution in [0.2, 0.25) is 0 Å². The van der Waals surface area contributed by atoms with E-state index in [0.717, 1.165) is 44.5 Å². The molecule has 0 radical (unpaired) electrons. The molecule has 0 aliphatic carbocycles. The summed E-state index contributed by atoms with van der Waals surface area (Å²) in [6, 6.07) is 22.1. The Hall–Kier alpha value is -3.37. The summed E-state index contributed by atoms with van der Waals surface area (Å²) in [7, 11) is 0. The van der Waals surface area contributed by atoms with Gasteiger partial charge >= 0.3 is 0 Å². The van der Waals surface area contributed by atoms with Crippen LogP contribution < -0.4 is 5.32 Å². The summed E-state index contributed by atoms with van der Waals surface area (Å²) in [6.45, 7) is 4.10. The lowest BCUT2D eigenvalue weighted by atomic mass is 10.0. The van der Waals surface area contributed by atoms with Crippen molar-refractivity contribution in [3.05, 3.63) is 101 Å². The van der Waals surface area contributed by atoms with Crippen molar-refractivity contribution in [3.63, 3.8) is 0 Å². The van der Waals surface area contributed by atoms with E-state index < -0.39 is 0 Å². The van der Waals surface area contributed by atoms with Crippen LogP contribution in [0.4, 0.5) is 11.4 Å². The topological polar surface area (TPSA) is 33.1 Å². The van der Waals surface area contributed by atoms with Crippen LogP contribution in [0.5, 0.6) is 0 Å². The summed E-state index contributed by atoms with van der Waals surface area (Å²) in [5, 5.41) is 3.71. The highest BCUT2D eigenvalue weighted by Crippen LogP contribution is 2.32. The monoisotopic (exact) mass is 420 g/mol. The summed E-state index contributed by atoms with van der Waals surface area (Å²) in [5.41, 5.74) is 10.3. The number of anilines is 2. The van der Waals surface area contributed by atoms with E-state index in [4.69, 9.17) is 0 Å². The summed E-state index contributed by atoms with van der Waals surface area (Å²) in [6.07, 6.45) is 9.82. The average molecular weight is 421 g/mol. The summed E-state index contributed by atoms with van der Waals surface area (Å²) in [5.74, 6) is 0. The first-order valence-electron chi connectivity index (χ1n) is 11.6. The molecule has 0 fully saturated rings. The predicted molar refractivity (Wildman–Crippen MR) is 131 cm³/mol. The summed E-state index contributed by atoms with van der Waals surface area (Å²) in [4.78, 5) is 7.06. The summed E-state index contributed by atoms with van der Waals surface area (Å²) >= 11 is 0. The van der Waals surface area contributed by atoms with Gasteiger partial charge in [0.05, 0.1) is 17.4 Å². The first-order valence-corrected chi connectivity index (χ1v) is 11.6. The zero-order valence-corrected chi connectivity index (χ0v) is 18.3. The fourth-order valence-corrected chi connectivity index (χ4v) is 4.99. The van der Waals surface area contributed by atoms with Crippen LogP contribution in [0, 0.1) is 0 Å². The van der Waals surface area contributed by atoms with Crippen LogP contribution in [-0.2, 0) is 25.9 Å². The maximum absolute atomic E-state index is 4.54. The standard InChI is InChI=1S/C28H28N4/c1-4-14-31(15-5-1)18-21-8-12-25-23(16-21)10-11-24-17-22(9-13-26(24)30-25)19-32-20-29-27-6-2-3-7-28(27)32/h1-4,6-9,12-13,16-17,20,30H,5,10-11,14-15,18-19H2. The zero-order valence-electron chi connectivity index (χ0n) is 18.3. The highest BCUT2D eigenvalue weighted by molar-refractivity contribution is 5.75. The number of rotatable bonds is 4. The van der Waals surface area contributed by atoms with Gasteiger partial charge in [0.1, 0.15) is 0 Å². The molecule has 0 atom stereocenters. The Bertz CT molecular complexity index is 1300. The molecule has 4 heteroatoms. The third-order valence-corrected chi connectivity index (χ3v) is 6.70. The van der Waals surface area contributed by atoms with Gasteiger partial charge in [-0.15, -0.1) is 0 Å². The van der Waals surface area contributed by atoms with Crippen LogP contribution in [0.15, 0.2) is 79.1 Å². The molecule has 160 valence electrons. The molecule has 1 N–H and O–H groups in total. The quantitative estimate of drug-likeness (QED) is 0.431. The molecule has 3 aromatic carbocycles. The molecule has 4 nitrogen and oxygen atoms in total. The van der Waals surface area contributed by atoms with Gasteiger partial charge in [-0.25, -0.2) is 4.98 Å². The molecule has 0 saturated carbocycles. The van der Waals surface area contributed by atoms with E-state index in [-0.39, 0.29) is 0 Å². The van der Waals surface area contributed by atoms with Crippen molar-refractivity contribution in [2.45, 2.75) is 32.4 Å². The van der Waals surface area contributed by atoms with Gasteiger partial charge in [-0.05, 0) is 65.8 Å². The maximum Gasteiger partial charge on any atom is 0.0961 e. The van der Waals surface area contributed by atoms with E-state index in [2.05, 4.69) is 86.5 Å². The van der Waals surface area contributed by atoms with Crippen molar-refractivity contribution in [2.24, 2.45) is 0 Å². The predicted octanol–water partition coefficient (Wildman–Crippen LogP) is 5.69. The van der Waals surface area contributed by atoms with Gasteiger partial charge in [0.25, 0.3) is 0 Å². The van der Waals surface area contributed by atoms with Gasteiger partial charge < -0.3 is 9.88 Å². The fraction of sp³-hybridized carbons (Fsp3) is 0.250. The van der Waals surface area contributed by atoms with Crippen LogP contribution in [0.25, 0.3) is 11.0 Å². The number of fused-ring (bicyclic) bond motifs is 3. The number of hydrogen-bond donors (Lipinski definition) is 1. The minimum atomic E-state index is 0.842. The molecule has 1 aromatic heterocycles. The van der Waals surface area contributed by atoms with Crippen molar-refractivity contribution >= 4 is 22.4 Å². The van der Waals surface area contributed by atoms with Crippen molar-refractivity contribution in [3.8, 4) is 0 Å². The third-order valence-electron chi connectivity index (χ3n) is 6.70. The first kappa shape index (κ1) is 19.3. The molecule has 0 saturated heterocycles. The van der Waals surface area contributed by atoms with E-state index in [9.17, 15) is 0 Å². The lowest BCUT2D eigenvalue weighted by molar-refractivity contribution is 0.290. The number of aryl methyl sites for hydroxylation is 2. The minimum absolute atomic E-state index is 0.842. The number of imidazole rings is 1. The Morgan fingerprint density at radius 2 is 1.56 bits per heavy atom. The average Bonchev–Trinajstić information content (AvgIpc) is 3.14. The molecule has 3 heterocycles. The molecule has 4 aromatic rings. The highest BCUT2D eigenvalue weighted by Gasteiger charge is 2.15. The number of para-hydroxylation sites is 2. The molecule has 0 spiro atoms. The molecule has 0 amide bonds. The van der Waals surface area contributed by atoms with Crippen LogP contribution >= 0.6 is 0 Å². The number of benzene rings is 3. The SMILES string of the molecule is C1=CCN(Cc2ccc3c(c2)CCc2cc(Cn4cnc5ccccc54)ccc2N3)CC1. The Labute approximate surface area is 189 Å². The fourth-order valence-electron chi connectivity index (χ4n) is 4.99. The second-order valence-electron chi connectivity index (χ2n) is 8.96. The van der Waals surface area contributed by atoms with Gasteiger partial charge in [0.15, 0.2) is 0 Å². The summed E-state index contributed by atoms with van der Waals surface area (Å²) < 4.78 is 2.23. The van der Waals surface area contributed by atoms with Crippen molar-refractivity contribution in [1.82, 2.24) is 14.5 Å². The lowest BCUT2D eigenvalue weighted by Gasteiger charge is -2.23. The van der Waals surface area contributed by atoms with Gasteiger partial charge in [0.2, 0.25) is 0 Å². The number of aromatic nitrogens is 2. The van der Waals surface area contributed by atoms with Gasteiger partial charge in [-0.1, -0.05) is 48.6 Å². The van der Waals surface area contributed by atoms with E-state index in [1.807, 2.05) is 12.4 Å². The molecular weight excluding hydrogens is 392 g/mol. The van der Waals surface area contributed by atoms with Gasteiger partial charge in [0, 0.05) is 37.6 Å². The van der Waals surface area contributed by atoms with Gasteiger partial charge in [-0.3, -0.25) is 4.90 Å². The van der Waals surface area contributed by atoms with E-state index in [0.29, 0.717) is 0 Å². The zero-order chi connectivity index (χ0) is 21.3. The maximum atomic E-state index is 4.54. The van der Waals surface area contributed by atoms with Crippen LogP contribution in [0.3, 0.4) is 0 Å². The number of hydrogen-bond acceptors (Lipinski definition) is 3. The number of nitrogens with one attached hydrogen (secondary N) is 1. The van der Waals surface area contributed by atoms with Crippen molar-refractivity contribution in [2.75, 3.05) is 18.4 Å². The van der Waals surface area contributed by atoms with Gasteiger partial charge in [-0.2, -0.15) is 0 Å². The number of nitrogens with zero attached hydrogens (tertiary/aromatic N) is 3. The second kappa shape index (κ2) is 8.29. The molecule has 0 unspecified atom stereocenters. The minimum Gasteiger partial charge on any atom is -0.355 e.